The molecule has 4 heteroatoms. The van der Waals surface area contributed by atoms with Crippen LogP contribution in [0.15, 0.2) is 4.99 Å². The van der Waals surface area contributed by atoms with Gasteiger partial charge < -0.3 is 0 Å². The van der Waals surface area contributed by atoms with E-state index < -0.39 is 0 Å². The van der Waals surface area contributed by atoms with Gasteiger partial charge in [-0.05, 0) is 0 Å². The zero-order valence-corrected chi connectivity index (χ0v) is 3.57. The molecule has 34 valence electrons. The summed E-state index contributed by atoms with van der Waals surface area (Å²) < 4.78 is 0. The standard InChI is InChI=1S/C3H4N4/c4-3-5-1-2-6-7-3/h1-2H,(H2,4,5)/q+2. The number of rotatable bonds is 0. The maximum Gasteiger partial charge on any atom is 0.564 e. The van der Waals surface area contributed by atoms with Crippen LogP contribution < -0.4 is 5.73 Å². The highest BCUT2D eigenvalue weighted by Gasteiger charge is 2.03. The first-order chi connectivity index (χ1) is 3.39. The van der Waals surface area contributed by atoms with Gasteiger partial charge >= 0.3 is 12.2 Å². The van der Waals surface area contributed by atoms with E-state index in [0.717, 1.165) is 0 Å². The third-order valence-electron chi connectivity index (χ3n) is 0.500. The van der Waals surface area contributed by atoms with Crippen LogP contribution in [0, 0.1) is 0 Å². The Balaban J connectivity index is 3.14. The molecule has 0 radical (unpaired) electrons. The van der Waals surface area contributed by atoms with Gasteiger partial charge in [0.05, 0.1) is 0 Å². The predicted molar refractivity (Wildman–Crippen MR) is 24.3 cm³/mol. The first kappa shape index (κ1) is 3.81. The lowest BCUT2D eigenvalue weighted by Crippen LogP contribution is -2.12. The van der Waals surface area contributed by atoms with Gasteiger partial charge in [-0.3, -0.25) is 5.73 Å². The number of hydrogen-bond donors (Lipinski definition) is 1. The molecule has 0 spiro atoms. The minimum absolute atomic E-state index is 0.211. The normalized spacial score (nSPS) is 14.6. The highest BCUT2D eigenvalue weighted by molar-refractivity contribution is 6.16. The molecule has 0 fully saturated rings. The SMILES string of the molecule is NC1=[N+]=[N+]=CC=N1. The van der Waals surface area contributed by atoms with E-state index in [0.29, 0.717) is 0 Å². The van der Waals surface area contributed by atoms with E-state index in [-0.39, 0.29) is 5.96 Å². The fraction of sp³-hybridized carbons (Fsp3) is 0. The van der Waals surface area contributed by atoms with E-state index in [2.05, 4.69) is 14.6 Å². The molecule has 4 nitrogen and oxygen atoms in total. The van der Waals surface area contributed by atoms with Crippen molar-refractivity contribution in [3.63, 3.8) is 0 Å². The fourth-order valence-corrected chi connectivity index (χ4v) is 0.258. The Hall–Kier alpha value is -1.37. The van der Waals surface area contributed by atoms with Crippen molar-refractivity contribution in [1.82, 2.24) is 0 Å². The first-order valence-electron chi connectivity index (χ1n) is 1.79. The fourth-order valence-electron chi connectivity index (χ4n) is 0.258. The van der Waals surface area contributed by atoms with Gasteiger partial charge in [0, 0.05) is 0 Å². The van der Waals surface area contributed by atoms with Gasteiger partial charge in [0.2, 0.25) is 0 Å². The molecule has 0 bridgehead atoms. The molecule has 0 aromatic heterocycles. The third kappa shape index (κ3) is 0.729. The van der Waals surface area contributed by atoms with Crippen LogP contribution in [0.1, 0.15) is 0 Å². The van der Waals surface area contributed by atoms with Crippen LogP contribution in [-0.4, -0.2) is 28.0 Å². The minimum atomic E-state index is 0.211. The van der Waals surface area contributed by atoms with Crippen LogP contribution in [0.25, 0.3) is 0 Å². The lowest BCUT2D eigenvalue weighted by atomic mass is 10.8. The van der Waals surface area contributed by atoms with Gasteiger partial charge in [-0.25, -0.2) is 0 Å². The topological polar surface area (TPSA) is 66.6 Å². The highest BCUT2D eigenvalue weighted by Crippen LogP contribution is 1.57. The van der Waals surface area contributed by atoms with Crippen LogP contribution in [0.4, 0.5) is 0 Å². The van der Waals surface area contributed by atoms with E-state index in [1.807, 2.05) is 0 Å². The van der Waals surface area contributed by atoms with Crippen LogP contribution in [0.5, 0.6) is 0 Å². The average molecular weight is 96.1 g/mol. The Bertz CT molecular complexity index is 189. The zero-order chi connectivity index (χ0) is 5.11. The molecule has 1 aliphatic rings. The number of nitrogens with zero attached hydrogens (tertiary/aromatic N) is 3. The van der Waals surface area contributed by atoms with Gasteiger partial charge in [0.1, 0.15) is 0 Å². The van der Waals surface area contributed by atoms with Gasteiger partial charge in [0.15, 0.2) is 15.8 Å². The monoisotopic (exact) mass is 96.0 g/mol. The number of aliphatic imine (C=N–C) groups is 1. The van der Waals surface area contributed by atoms with Crippen molar-refractivity contribution < 1.29 is 9.58 Å². The molecule has 1 heterocycles. The van der Waals surface area contributed by atoms with Crippen molar-refractivity contribution >= 4 is 18.4 Å². The molecule has 0 atom stereocenters. The second-order valence-electron chi connectivity index (χ2n) is 1.00. The summed E-state index contributed by atoms with van der Waals surface area (Å²) >= 11 is 0. The zero-order valence-electron chi connectivity index (χ0n) is 3.57. The van der Waals surface area contributed by atoms with E-state index in [4.69, 9.17) is 5.73 Å². The molecule has 1 rings (SSSR count). The minimum Gasteiger partial charge on any atom is -0.267 e. The molecular formula is C3H4N4+2. The summed E-state index contributed by atoms with van der Waals surface area (Å²) in [4.78, 5) is 10.4. The van der Waals surface area contributed by atoms with Crippen LogP contribution in [0.2, 0.25) is 0 Å². The van der Waals surface area contributed by atoms with Crippen LogP contribution >= 0.6 is 0 Å². The van der Waals surface area contributed by atoms with Gasteiger partial charge in [-0.15, -0.1) is 0 Å². The van der Waals surface area contributed by atoms with E-state index in [1.54, 1.807) is 0 Å². The third-order valence-corrected chi connectivity index (χ3v) is 0.500. The van der Waals surface area contributed by atoms with E-state index in [1.165, 1.54) is 12.4 Å². The van der Waals surface area contributed by atoms with Crippen molar-refractivity contribution in [3.05, 3.63) is 0 Å². The molecule has 0 aromatic carbocycles. The van der Waals surface area contributed by atoms with Crippen molar-refractivity contribution in [1.29, 1.82) is 0 Å². The smallest absolute Gasteiger partial charge is 0.267 e. The molecule has 7 heavy (non-hydrogen) atoms. The van der Waals surface area contributed by atoms with Crippen molar-refractivity contribution in [2.45, 2.75) is 0 Å². The summed E-state index contributed by atoms with van der Waals surface area (Å²) in [5, 5.41) is 0. The summed E-state index contributed by atoms with van der Waals surface area (Å²) in [6.45, 7) is 0. The quantitative estimate of drug-likeness (QED) is 0.360. The van der Waals surface area contributed by atoms with Gasteiger partial charge in [-0.2, -0.15) is 0 Å². The summed E-state index contributed by atoms with van der Waals surface area (Å²) in [5.41, 5.74) is 5.07. The number of guanidine groups is 1. The van der Waals surface area contributed by atoms with E-state index >= 15 is 0 Å². The van der Waals surface area contributed by atoms with Gasteiger partial charge in [0.25, 0.3) is 0 Å². The molecule has 0 saturated carbocycles. The van der Waals surface area contributed by atoms with Crippen molar-refractivity contribution in [2.75, 3.05) is 0 Å². The van der Waals surface area contributed by atoms with Crippen LogP contribution in [0.3, 0.4) is 0 Å². The Morgan fingerprint density at radius 1 is 1.71 bits per heavy atom. The van der Waals surface area contributed by atoms with Crippen molar-refractivity contribution in [3.8, 4) is 0 Å². The second kappa shape index (κ2) is 1.39. The number of hydrogen-bond acceptors (Lipinski definition) is 2. The Morgan fingerprint density at radius 3 is 2.86 bits per heavy atom. The summed E-state index contributed by atoms with van der Waals surface area (Å²) in [6.07, 6.45) is 2.96. The average Bonchev–Trinajstić information content (AvgIpc) is 1.69. The Morgan fingerprint density at radius 2 is 2.57 bits per heavy atom. The molecule has 1 aliphatic heterocycles. The molecule has 0 unspecified atom stereocenters. The summed E-state index contributed by atoms with van der Waals surface area (Å²) in [7, 11) is 0. The molecule has 0 aromatic rings. The molecular weight excluding hydrogens is 92.1 g/mol. The molecule has 0 amide bonds. The Labute approximate surface area is 39.8 Å². The second-order valence-corrected chi connectivity index (χ2v) is 1.00. The highest BCUT2D eigenvalue weighted by atomic mass is 15.1. The molecule has 2 N–H and O–H groups in total. The van der Waals surface area contributed by atoms with Crippen LogP contribution in [-0.2, 0) is 0 Å². The maximum absolute atomic E-state index is 5.07. The first-order valence-corrected chi connectivity index (χ1v) is 1.79. The summed E-state index contributed by atoms with van der Waals surface area (Å²) in [5.74, 6) is 0.211. The lowest BCUT2D eigenvalue weighted by Gasteiger charge is -1.57. The number of nitrogens with two attached hydrogens (primary N) is 1. The largest absolute Gasteiger partial charge is 0.564 e. The molecule has 0 aliphatic carbocycles. The van der Waals surface area contributed by atoms with Crippen molar-refractivity contribution in [2.24, 2.45) is 10.7 Å². The van der Waals surface area contributed by atoms with E-state index in [9.17, 15) is 0 Å². The summed E-state index contributed by atoms with van der Waals surface area (Å²) in [6, 6.07) is 0. The Kier molecular flexibility index (Phi) is 0.755. The van der Waals surface area contributed by atoms with Gasteiger partial charge in [-0.1, -0.05) is 4.99 Å². The predicted octanol–water partition coefficient (Wildman–Crippen LogP) is -1.68. The molecule has 0 saturated heterocycles. The maximum atomic E-state index is 5.07. The lowest BCUT2D eigenvalue weighted by molar-refractivity contribution is -0.545.